The van der Waals surface area contributed by atoms with Gasteiger partial charge in [-0.15, -0.1) is 0 Å². The Kier molecular flexibility index (Phi) is 8.72. The van der Waals surface area contributed by atoms with Crippen LogP contribution < -0.4 is 11.1 Å². The summed E-state index contributed by atoms with van der Waals surface area (Å²) in [6, 6.07) is 8.72. The molecule has 1 rings (SSSR count). The number of carbonyl (C=O) groups excluding carboxylic acids is 4. The van der Waals surface area contributed by atoms with Gasteiger partial charge in [0.05, 0.1) is 12.6 Å². The maximum absolute atomic E-state index is 12.7. The highest BCUT2D eigenvalue weighted by atomic mass is 16.6. The molecule has 8 heteroatoms. The molecule has 0 saturated carbocycles. The number of nitrogens with two attached hydrogens (primary N) is 1. The summed E-state index contributed by atoms with van der Waals surface area (Å²) in [5.74, 6) is -2.32. The first-order valence-electron chi connectivity index (χ1n) is 9.94. The lowest BCUT2D eigenvalue weighted by Crippen LogP contribution is -2.60. The summed E-state index contributed by atoms with van der Waals surface area (Å²) in [6.07, 6.45) is 0.371. The first-order chi connectivity index (χ1) is 13.8. The van der Waals surface area contributed by atoms with Gasteiger partial charge in [-0.3, -0.25) is 14.4 Å². The first kappa shape index (κ1) is 25.3. The van der Waals surface area contributed by atoms with Crippen LogP contribution in [0.25, 0.3) is 0 Å². The fourth-order valence-electron chi connectivity index (χ4n) is 2.80. The number of amides is 2. The van der Waals surface area contributed by atoms with Crippen molar-refractivity contribution in [1.29, 1.82) is 0 Å². The van der Waals surface area contributed by atoms with E-state index in [0.717, 1.165) is 5.56 Å². The van der Waals surface area contributed by atoms with Crippen LogP contribution in [0.5, 0.6) is 0 Å². The number of hydrogen-bond donors (Lipinski definition) is 2. The van der Waals surface area contributed by atoms with E-state index in [0.29, 0.717) is 6.42 Å². The molecule has 0 aromatic heterocycles. The van der Waals surface area contributed by atoms with Gasteiger partial charge < -0.3 is 20.7 Å². The lowest BCUT2D eigenvalue weighted by molar-refractivity contribution is -0.163. The van der Waals surface area contributed by atoms with Crippen LogP contribution in [0.4, 0.5) is 0 Å². The monoisotopic (exact) mass is 419 g/mol. The Morgan fingerprint density at radius 1 is 1.10 bits per heavy atom. The number of Topliss-reactive ketones (excluding diaryl/α,β-unsaturated/α-hetero) is 1. The van der Waals surface area contributed by atoms with Crippen molar-refractivity contribution in [2.45, 2.75) is 65.1 Å². The summed E-state index contributed by atoms with van der Waals surface area (Å²) in [4.78, 5) is 51.0. The molecule has 0 aliphatic heterocycles. The summed E-state index contributed by atoms with van der Waals surface area (Å²) in [5, 5.41) is 2.39. The van der Waals surface area contributed by atoms with Crippen molar-refractivity contribution in [3.05, 3.63) is 35.9 Å². The predicted molar refractivity (Wildman–Crippen MR) is 113 cm³/mol. The van der Waals surface area contributed by atoms with E-state index in [1.54, 1.807) is 27.7 Å². The number of carbonyl (C=O) groups is 4. The van der Waals surface area contributed by atoms with Gasteiger partial charge in [-0.25, -0.2) is 4.79 Å². The Balaban J connectivity index is 2.83. The van der Waals surface area contributed by atoms with Gasteiger partial charge in [0.1, 0.15) is 5.60 Å². The fraction of sp³-hybridized carbons (Fsp3) is 0.545. The van der Waals surface area contributed by atoms with Crippen molar-refractivity contribution in [2.24, 2.45) is 5.73 Å². The highest BCUT2D eigenvalue weighted by molar-refractivity contribution is 6.07. The molecule has 30 heavy (non-hydrogen) atoms. The highest BCUT2D eigenvalue weighted by Crippen LogP contribution is 2.14. The van der Waals surface area contributed by atoms with E-state index in [4.69, 9.17) is 10.5 Å². The smallest absolute Gasteiger partial charge is 0.336 e. The second-order valence-corrected chi connectivity index (χ2v) is 8.38. The van der Waals surface area contributed by atoms with Crippen LogP contribution in [0, 0.1) is 0 Å². The molecule has 1 unspecified atom stereocenters. The molecular formula is C22H33N3O5. The number of nitrogens with zero attached hydrogens (tertiary/aromatic N) is 1. The molecule has 1 aromatic rings. The highest BCUT2D eigenvalue weighted by Gasteiger charge is 2.41. The zero-order chi connectivity index (χ0) is 23.1. The Bertz CT molecular complexity index is 769. The van der Waals surface area contributed by atoms with E-state index in [1.807, 2.05) is 30.3 Å². The van der Waals surface area contributed by atoms with Crippen molar-refractivity contribution in [3.8, 4) is 0 Å². The van der Waals surface area contributed by atoms with Gasteiger partial charge in [-0.05, 0) is 53.5 Å². The third kappa shape index (κ3) is 7.26. The number of rotatable bonds is 9. The summed E-state index contributed by atoms with van der Waals surface area (Å²) < 4.78 is 5.17. The van der Waals surface area contributed by atoms with Crippen LogP contribution in [-0.2, 0) is 30.3 Å². The van der Waals surface area contributed by atoms with Gasteiger partial charge in [0.15, 0.2) is 11.3 Å². The van der Waals surface area contributed by atoms with Crippen LogP contribution >= 0.6 is 0 Å². The maximum atomic E-state index is 12.7. The lowest BCUT2D eigenvalue weighted by atomic mass is 10.0. The molecule has 0 fully saturated rings. The van der Waals surface area contributed by atoms with Crippen LogP contribution in [0.3, 0.4) is 0 Å². The van der Waals surface area contributed by atoms with E-state index < -0.39 is 35.0 Å². The van der Waals surface area contributed by atoms with Crippen molar-refractivity contribution in [2.75, 3.05) is 13.1 Å². The molecule has 1 aromatic carbocycles. The van der Waals surface area contributed by atoms with Gasteiger partial charge in [0.25, 0.3) is 5.91 Å². The van der Waals surface area contributed by atoms with Crippen molar-refractivity contribution >= 4 is 23.6 Å². The van der Waals surface area contributed by atoms with Crippen LogP contribution in [0.2, 0.25) is 0 Å². The largest absolute Gasteiger partial charge is 0.458 e. The van der Waals surface area contributed by atoms with Gasteiger partial charge in [-0.2, -0.15) is 0 Å². The average molecular weight is 420 g/mol. The topological polar surface area (TPSA) is 119 Å². The van der Waals surface area contributed by atoms with Crippen LogP contribution in [0.1, 0.15) is 47.1 Å². The quantitative estimate of drug-likeness (QED) is 0.459. The minimum atomic E-state index is -1.95. The van der Waals surface area contributed by atoms with Gasteiger partial charge in [0, 0.05) is 6.54 Å². The molecule has 0 radical (unpaired) electrons. The third-order valence-electron chi connectivity index (χ3n) is 4.47. The maximum Gasteiger partial charge on any atom is 0.336 e. The second kappa shape index (κ2) is 10.3. The van der Waals surface area contributed by atoms with Crippen molar-refractivity contribution < 1.29 is 23.9 Å². The molecule has 166 valence electrons. The van der Waals surface area contributed by atoms with Crippen molar-refractivity contribution in [3.63, 3.8) is 0 Å². The van der Waals surface area contributed by atoms with Gasteiger partial charge in [-0.1, -0.05) is 30.3 Å². The van der Waals surface area contributed by atoms with Crippen molar-refractivity contribution in [1.82, 2.24) is 10.2 Å². The lowest BCUT2D eigenvalue weighted by Gasteiger charge is -2.30. The number of ketones is 1. The number of ether oxygens (including phenoxy) is 1. The molecule has 0 aliphatic rings. The van der Waals surface area contributed by atoms with Gasteiger partial charge in [0.2, 0.25) is 5.91 Å². The van der Waals surface area contributed by atoms with Crippen LogP contribution in [0.15, 0.2) is 30.3 Å². The van der Waals surface area contributed by atoms with Gasteiger partial charge >= 0.3 is 5.97 Å². The Labute approximate surface area is 178 Å². The molecule has 3 N–H and O–H groups in total. The van der Waals surface area contributed by atoms with E-state index in [2.05, 4.69) is 5.32 Å². The molecule has 0 saturated heterocycles. The SMILES string of the molecule is CCN(C(=O)CNC(=O)[C@@](C)(N)C(=O)OC(C)(C)C)C(Cc1ccccc1)C(C)=O. The van der Waals surface area contributed by atoms with E-state index in [1.165, 1.54) is 18.7 Å². The number of esters is 1. The molecule has 2 amide bonds. The standard InChI is InChI=1S/C22H33N3O5/c1-7-25(17(15(2)26)13-16-11-9-8-10-12-16)18(27)14-24-19(28)22(6,23)20(29)30-21(3,4)5/h8-12,17H,7,13-14,23H2,1-6H3,(H,24,28)/t17?,22-/m1/s1. The molecule has 8 nitrogen and oxygen atoms in total. The molecule has 0 heterocycles. The normalized spacial score (nSPS) is 14.2. The second-order valence-electron chi connectivity index (χ2n) is 8.38. The molecule has 0 bridgehead atoms. The van der Waals surface area contributed by atoms with E-state index in [9.17, 15) is 19.2 Å². The molecule has 0 spiro atoms. The summed E-state index contributed by atoms with van der Waals surface area (Å²) in [5.41, 5.74) is 4.02. The number of nitrogens with one attached hydrogen (secondary N) is 1. The van der Waals surface area contributed by atoms with Crippen LogP contribution in [-0.4, -0.2) is 58.7 Å². The molecule has 0 aliphatic carbocycles. The Hall–Kier alpha value is -2.74. The van der Waals surface area contributed by atoms with E-state index >= 15 is 0 Å². The van der Waals surface area contributed by atoms with E-state index in [-0.39, 0.29) is 18.9 Å². The fourth-order valence-corrected chi connectivity index (χ4v) is 2.80. The predicted octanol–water partition coefficient (Wildman–Crippen LogP) is 1.21. The minimum Gasteiger partial charge on any atom is -0.458 e. The zero-order valence-electron chi connectivity index (χ0n) is 18.7. The Morgan fingerprint density at radius 2 is 1.67 bits per heavy atom. The first-order valence-corrected chi connectivity index (χ1v) is 9.94. The summed E-state index contributed by atoms with van der Waals surface area (Å²) in [6.45, 7) is 9.31. The molecular weight excluding hydrogens is 386 g/mol. The number of likely N-dealkylation sites (N-methyl/N-ethyl adjacent to an activating group) is 1. The molecule has 2 atom stereocenters. The summed E-state index contributed by atoms with van der Waals surface area (Å²) >= 11 is 0. The average Bonchev–Trinajstić information content (AvgIpc) is 2.65. The number of benzene rings is 1. The number of hydrogen-bond acceptors (Lipinski definition) is 6. The minimum absolute atomic E-state index is 0.155. The summed E-state index contributed by atoms with van der Waals surface area (Å²) in [7, 11) is 0. The Morgan fingerprint density at radius 3 is 2.13 bits per heavy atom. The third-order valence-corrected chi connectivity index (χ3v) is 4.47. The zero-order valence-corrected chi connectivity index (χ0v) is 18.7.